The summed E-state index contributed by atoms with van der Waals surface area (Å²) in [7, 11) is 1.39. The predicted octanol–water partition coefficient (Wildman–Crippen LogP) is 2.27. The summed E-state index contributed by atoms with van der Waals surface area (Å²) in [6, 6.07) is 8.02. The van der Waals surface area contributed by atoms with E-state index >= 15 is 0 Å². The van der Waals surface area contributed by atoms with E-state index in [1.54, 1.807) is 0 Å². The van der Waals surface area contributed by atoms with Crippen molar-refractivity contribution in [3.63, 3.8) is 0 Å². The summed E-state index contributed by atoms with van der Waals surface area (Å²) in [5.41, 5.74) is 7.11. The van der Waals surface area contributed by atoms with Gasteiger partial charge in [-0.15, -0.1) is 0 Å². The van der Waals surface area contributed by atoms with E-state index in [1.807, 2.05) is 24.3 Å². The van der Waals surface area contributed by atoms with Crippen LogP contribution in [0, 0.1) is 0 Å². The average Bonchev–Trinajstić information content (AvgIpc) is 2.26. The highest BCUT2D eigenvalue weighted by molar-refractivity contribution is 9.10. The number of esters is 1. The summed E-state index contributed by atoms with van der Waals surface area (Å²) in [5.74, 6) is -0.204. The number of methoxy groups -OCH3 is 1. The van der Waals surface area contributed by atoms with Crippen LogP contribution in [0.25, 0.3) is 0 Å². The summed E-state index contributed by atoms with van der Waals surface area (Å²) in [6.45, 7) is 0. The Kier molecular flexibility index (Phi) is 5.49. The number of ether oxygens (including phenoxy) is 1. The number of carbonyl (C=O) groups excluding carboxylic acids is 1. The molecule has 3 nitrogen and oxygen atoms in total. The molecule has 0 aliphatic heterocycles. The minimum absolute atomic E-state index is 0.00611. The quantitative estimate of drug-likeness (QED) is 0.845. The van der Waals surface area contributed by atoms with Gasteiger partial charge in [-0.25, -0.2) is 0 Å². The Morgan fingerprint density at radius 2 is 2.31 bits per heavy atom. The van der Waals surface area contributed by atoms with Crippen molar-refractivity contribution in [1.82, 2.24) is 0 Å². The average molecular weight is 286 g/mol. The minimum Gasteiger partial charge on any atom is -0.469 e. The Morgan fingerprint density at radius 1 is 1.56 bits per heavy atom. The molecule has 1 atom stereocenters. The third kappa shape index (κ3) is 4.77. The van der Waals surface area contributed by atoms with Gasteiger partial charge in [0, 0.05) is 16.9 Å². The molecule has 1 aromatic rings. The molecule has 0 aliphatic carbocycles. The molecule has 0 aromatic heterocycles. The summed E-state index contributed by atoms with van der Waals surface area (Å²) < 4.78 is 5.61. The van der Waals surface area contributed by atoms with E-state index < -0.39 is 0 Å². The van der Waals surface area contributed by atoms with Crippen LogP contribution in [0.2, 0.25) is 0 Å². The fourth-order valence-electron chi connectivity index (χ4n) is 1.47. The van der Waals surface area contributed by atoms with E-state index in [0.717, 1.165) is 10.9 Å². The second-order valence-corrected chi connectivity index (χ2v) is 4.62. The Balaban J connectivity index is 2.39. The maximum absolute atomic E-state index is 10.9. The Hall–Kier alpha value is -0.870. The fraction of sp³-hybridized carbons (Fsp3) is 0.417. The molecule has 4 heteroatoms. The third-order valence-corrected chi connectivity index (χ3v) is 2.83. The van der Waals surface area contributed by atoms with Gasteiger partial charge < -0.3 is 10.5 Å². The van der Waals surface area contributed by atoms with Crippen molar-refractivity contribution in [2.24, 2.45) is 5.73 Å². The Bertz CT molecular complexity index is 355. The summed E-state index contributed by atoms with van der Waals surface area (Å²) in [4.78, 5) is 10.9. The molecular formula is C12H16BrNO2. The largest absolute Gasteiger partial charge is 0.469 e. The van der Waals surface area contributed by atoms with Gasteiger partial charge in [0.05, 0.1) is 7.11 Å². The summed E-state index contributed by atoms with van der Waals surface area (Å²) >= 11 is 3.41. The van der Waals surface area contributed by atoms with Crippen LogP contribution in [-0.4, -0.2) is 19.1 Å². The second kappa shape index (κ2) is 6.66. The van der Waals surface area contributed by atoms with Gasteiger partial charge in [0.2, 0.25) is 0 Å². The highest BCUT2D eigenvalue weighted by atomic mass is 79.9. The van der Waals surface area contributed by atoms with Gasteiger partial charge in [-0.3, -0.25) is 4.79 Å². The van der Waals surface area contributed by atoms with E-state index in [4.69, 9.17) is 5.73 Å². The first-order chi connectivity index (χ1) is 7.61. The maximum Gasteiger partial charge on any atom is 0.305 e. The lowest BCUT2D eigenvalue weighted by Gasteiger charge is -2.10. The van der Waals surface area contributed by atoms with Crippen LogP contribution in [0.1, 0.15) is 18.4 Å². The standard InChI is InChI=1S/C12H16BrNO2/c1-16-12(15)6-5-11(14)8-9-3-2-4-10(13)7-9/h2-4,7,11H,5-6,8,14H2,1H3. The molecule has 16 heavy (non-hydrogen) atoms. The van der Waals surface area contributed by atoms with Crippen LogP contribution in [0.5, 0.6) is 0 Å². The highest BCUT2D eigenvalue weighted by Gasteiger charge is 2.08. The van der Waals surface area contributed by atoms with Crippen LogP contribution in [0.15, 0.2) is 28.7 Å². The number of rotatable bonds is 5. The van der Waals surface area contributed by atoms with Gasteiger partial charge in [-0.05, 0) is 30.5 Å². The highest BCUT2D eigenvalue weighted by Crippen LogP contribution is 2.13. The van der Waals surface area contributed by atoms with Gasteiger partial charge in [-0.1, -0.05) is 28.1 Å². The number of nitrogens with two attached hydrogens (primary N) is 1. The first-order valence-electron chi connectivity index (χ1n) is 5.18. The van der Waals surface area contributed by atoms with E-state index in [2.05, 4.69) is 20.7 Å². The SMILES string of the molecule is COC(=O)CCC(N)Cc1cccc(Br)c1. The molecule has 0 saturated carbocycles. The molecule has 0 amide bonds. The monoisotopic (exact) mass is 285 g/mol. The smallest absolute Gasteiger partial charge is 0.305 e. The number of carbonyl (C=O) groups is 1. The normalized spacial score (nSPS) is 12.2. The van der Waals surface area contributed by atoms with Crippen LogP contribution in [-0.2, 0) is 16.0 Å². The first-order valence-corrected chi connectivity index (χ1v) is 5.98. The molecular weight excluding hydrogens is 270 g/mol. The molecule has 1 unspecified atom stereocenters. The number of benzene rings is 1. The molecule has 1 aromatic carbocycles. The van der Waals surface area contributed by atoms with Gasteiger partial charge in [0.25, 0.3) is 0 Å². The lowest BCUT2D eigenvalue weighted by Crippen LogP contribution is -2.24. The Morgan fingerprint density at radius 3 is 2.94 bits per heavy atom. The molecule has 0 aliphatic rings. The lowest BCUT2D eigenvalue weighted by atomic mass is 10.0. The molecule has 88 valence electrons. The lowest BCUT2D eigenvalue weighted by molar-refractivity contribution is -0.140. The zero-order chi connectivity index (χ0) is 12.0. The van der Waals surface area contributed by atoms with Crippen LogP contribution in [0.4, 0.5) is 0 Å². The van der Waals surface area contributed by atoms with Crippen molar-refractivity contribution in [3.8, 4) is 0 Å². The van der Waals surface area contributed by atoms with Crippen molar-refractivity contribution in [1.29, 1.82) is 0 Å². The number of hydrogen-bond donors (Lipinski definition) is 1. The zero-order valence-electron chi connectivity index (χ0n) is 9.28. The fourth-order valence-corrected chi connectivity index (χ4v) is 1.92. The van der Waals surface area contributed by atoms with Crippen LogP contribution < -0.4 is 5.73 Å². The minimum atomic E-state index is -0.204. The van der Waals surface area contributed by atoms with E-state index in [0.29, 0.717) is 12.8 Å². The molecule has 1 rings (SSSR count). The Labute approximate surface area is 104 Å². The molecule has 0 heterocycles. The van der Waals surface area contributed by atoms with Gasteiger partial charge in [0.15, 0.2) is 0 Å². The summed E-state index contributed by atoms with van der Waals surface area (Å²) in [5, 5.41) is 0. The first kappa shape index (κ1) is 13.2. The molecule has 0 radical (unpaired) electrons. The van der Waals surface area contributed by atoms with Crippen molar-refractivity contribution in [3.05, 3.63) is 34.3 Å². The van der Waals surface area contributed by atoms with Crippen molar-refractivity contribution < 1.29 is 9.53 Å². The van der Waals surface area contributed by atoms with Crippen molar-refractivity contribution in [2.75, 3.05) is 7.11 Å². The van der Waals surface area contributed by atoms with Gasteiger partial charge in [0.1, 0.15) is 0 Å². The third-order valence-electron chi connectivity index (χ3n) is 2.33. The topological polar surface area (TPSA) is 52.3 Å². The molecule has 0 saturated heterocycles. The van der Waals surface area contributed by atoms with Crippen molar-refractivity contribution >= 4 is 21.9 Å². The zero-order valence-corrected chi connectivity index (χ0v) is 10.9. The molecule has 0 fully saturated rings. The molecule has 0 spiro atoms. The van der Waals surface area contributed by atoms with E-state index in [-0.39, 0.29) is 12.0 Å². The van der Waals surface area contributed by atoms with E-state index in [9.17, 15) is 4.79 Å². The van der Waals surface area contributed by atoms with Gasteiger partial charge >= 0.3 is 5.97 Å². The van der Waals surface area contributed by atoms with Gasteiger partial charge in [-0.2, -0.15) is 0 Å². The van der Waals surface area contributed by atoms with E-state index in [1.165, 1.54) is 12.7 Å². The number of hydrogen-bond acceptors (Lipinski definition) is 3. The maximum atomic E-state index is 10.9. The van der Waals surface area contributed by atoms with Crippen LogP contribution >= 0.6 is 15.9 Å². The molecule has 2 N–H and O–H groups in total. The molecule has 0 bridgehead atoms. The van der Waals surface area contributed by atoms with Crippen molar-refractivity contribution in [2.45, 2.75) is 25.3 Å². The predicted molar refractivity (Wildman–Crippen MR) is 67.1 cm³/mol. The second-order valence-electron chi connectivity index (χ2n) is 3.71. The summed E-state index contributed by atoms with van der Waals surface area (Å²) in [6.07, 6.45) is 1.81. The van der Waals surface area contributed by atoms with Crippen LogP contribution in [0.3, 0.4) is 0 Å². The number of halogens is 1.